The molecule has 148 valence electrons. The van der Waals surface area contributed by atoms with Crippen molar-refractivity contribution in [1.29, 1.82) is 0 Å². The molecule has 2 aromatic rings. The van der Waals surface area contributed by atoms with Gasteiger partial charge in [0.15, 0.2) is 0 Å². The van der Waals surface area contributed by atoms with E-state index >= 15 is 0 Å². The van der Waals surface area contributed by atoms with Crippen LogP contribution in [0.5, 0.6) is 0 Å². The molecule has 28 heavy (non-hydrogen) atoms. The number of amides is 2. The highest BCUT2D eigenvalue weighted by atomic mass is 19.1. The lowest BCUT2D eigenvalue weighted by Gasteiger charge is -2.32. The maximum absolute atomic E-state index is 13.7. The van der Waals surface area contributed by atoms with E-state index in [1.807, 2.05) is 12.1 Å². The Bertz CT molecular complexity index is 818. The second-order valence-electron chi connectivity index (χ2n) is 6.62. The molecule has 0 bridgehead atoms. The first-order valence-corrected chi connectivity index (χ1v) is 9.41. The highest BCUT2D eigenvalue weighted by Gasteiger charge is 2.23. The fourth-order valence-electron chi connectivity index (χ4n) is 3.15. The number of nitrogens with zero attached hydrogens (tertiary/aromatic N) is 1. The monoisotopic (exact) mass is 385 g/mol. The third-order valence-electron chi connectivity index (χ3n) is 4.65. The zero-order valence-electron chi connectivity index (χ0n) is 15.8. The van der Waals surface area contributed by atoms with Gasteiger partial charge in [0.1, 0.15) is 5.82 Å². The molecule has 0 radical (unpaired) electrons. The van der Waals surface area contributed by atoms with Crippen molar-refractivity contribution < 1.29 is 18.7 Å². The molecule has 1 aliphatic heterocycles. The van der Waals surface area contributed by atoms with E-state index in [9.17, 15) is 14.0 Å². The third kappa shape index (κ3) is 5.00. The van der Waals surface area contributed by atoms with Crippen molar-refractivity contribution in [1.82, 2.24) is 4.90 Å². The minimum absolute atomic E-state index is 0.0121. The first-order valence-electron chi connectivity index (χ1n) is 9.41. The summed E-state index contributed by atoms with van der Waals surface area (Å²) in [5.74, 6) is -1.03. The molecule has 3 rings (SSSR count). The summed E-state index contributed by atoms with van der Waals surface area (Å²) in [6.45, 7) is 3.51. The number of piperidine rings is 1. The van der Waals surface area contributed by atoms with Crippen molar-refractivity contribution in [3.8, 4) is 0 Å². The van der Waals surface area contributed by atoms with E-state index in [4.69, 9.17) is 4.74 Å². The number of hydrogen-bond donors (Lipinski definition) is 2. The van der Waals surface area contributed by atoms with Gasteiger partial charge in [0, 0.05) is 30.5 Å². The Hall–Kier alpha value is -3.09. The van der Waals surface area contributed by atoms with Gasteiger partial charge < -0.3 is 20.3 Å². The van der Waals surface area contributed by atoms with Gasteiger partial charge in [0.25, 0.3) is 5.91 Å². The maximum atomic E-state index is 13.7. The molecule has 6 nitrogen and oxygen atoms in total. The zero-order valence-corrected chi connectivity index (χ0v) is 15.8. The number of rotatable bonds is 5. The Labute approximate surface area is 163 Å². The average molecular weight is 385 g/mol. The van der Waals surface area contributed by atoms with E-state index in [0.29, 0.717) is 25.4 Å². The first kappa shape index (κ1) is 19.7. The quantitative estimate of drug-likeness (QED) is 0.813. The van der Waals surface area contributed by atoms with Gasteiger partial charge in [-0.2, -0.15) is 0 Å². The van der Waals surface area contributed by atoms with Gasteiger partial charge in [-0.3, -0.25) is 4.79 Å². The molecule has 1 fully saturated rings. The molecule has 7 heteroatoms. The van der Waals surface area contributed by atoms with Gasteiger partial charge in [-0.05, 0) is 56.2 Å². The maximum Gasteiger partial charge on any atom is 0.409 e. The van der Waals surface area contributed by atoms with E-state index in [-0.39, 0.29) is 17.7 Å². The summed E-state index contributed by atoms with van der Waals surface area (Å²) in [6, 6.07) is 13.4. The molecule has 2 aromatic carbocycles. The van der Waals surface area contributed by atoms with Gasteiger partial charge in [-0.15, -0.1) is 0 Å². The van der Waals surface area contributed by atoms with Crippen LogP contribution < -0.4 is 10.6 Å². The number of anilines is 2. The molecular formula is C21H24FN3O3. The Morgan fingerprint density at radius 1 is 1.07 bits per heavy atom. The summed E-state index contributed by atoms with van der Waals surface area (Å²) in [5, 5.41) is 6.14. The largest absolute Gasteiger partial charge is 0.450 e. The lowest BCUT2D eigenvalue weighted by Crippen LogP contribution is -2.42. The molecule has 0 spiro atoms. The standard InChI is InChI=1S/C21H24FN3O3/c1-2-28-21(27)25-13-11-17(12-14-25)23-15-7-9-16(10-8-15)24-20(26)18-5-3-4-6-19(18)22/h3-10,17,23H,2,11-14H2,1H3,(H,24,26). The van der Waals surface area contributed by atoms with E-state index in [2.05, 4.69) is 10.6 Å². The number of ether oxygens (including phenoxy) is 1. The summed E-state index contributed by atoms with van der Waals surface area (Å²) in [6.07, 6.45) is 1.42. The van der Waals surface area contributed by atoms with Gasteiger partial charge >= 0.3 is 6.09 Å². The van der Waals surface area contributed by atoms with E-state index in [1.54, 1.807) is 36.1 Å². The minimum Gasteiger partial charge on any atom is -0.450 e. The third-order valence-corrected chi connectivity index (χ3v) is 4.65. The van der Waals surface area contributed by atoms with Crippen LogP contribution in [0.25, 0.3) is 0 Å². The number of hydrogen-bond acceptors (Lipinski definition) is 4. The van der Waals surface area contributed by atoms with Crippen LogP contribution in [0.1, 0.15) is 30.1 Å². The van der Waals surface area contributed by atoms with Crippen LogP contribution in [-0.4, -0.2) is 42.6 Å². The number of carbonyl (C=O) groups is 2. The number of benzene rings is 2. The molecule has 2 amide bonds. The van der Waals surface area contributed by atoms with E-state index in [0.717, 1.165) is 18.5 Å². The van der Waals surface area contributed by atoms with Crippen LogP contribution in [-0.2, 0) is 4.74 Å². The molecule has 0 aromatic heterocycles. The van der Waals surface area contributed by atoms with Crippen LogP contribution in [0.15, 0.2) is 48.5 Å². The summed E-state index contributed by atoms with van der Waals surface area (Å²) in [5.41, 5.74) is 1.53. The normalized spacial score (nSPS) is 14.4. The first-order chi connectivity index (χ1) is 13.6. The van der Waals surface area contributed by atoms with Crippen molar-refractivity contribution in [2.75, 3.05) is 30.3 Å². The molecular weight excluding hydrogens is 361 g/mol. The van der Waals surface area contributed by atoms with Crippen molar-refractivity contribution in [2.24, 2.45) is 0 Å². The highest BCUT2D eigenvalue weighted by molar-refractivity contribution is 6.04. The van der Waals surface area contributed by atoms with Gasteiger partial charge in [0.05, 0.1) is 12.2 Å². The molecule has 1 aliphatic rings. The van der Waals surface area contributed by atoms with E-state index in [1.165, 1.54) is 12.1 Å². The summed E-state index contributed by atoms with van der Waals surface area (Å²) in [4.78, 5) is 25.6. The van der Waals surface area contributed by atoms with Crippen LogP contribution in [0.2, 0.25) is 0 Å². The molecule has 2 N–H and O–H groups in total. The average Bonchev–Trinajstić information content (AvgIpc) is 2.70. The zero-order chi connectivity index (χ0) is 19.9. The Kier molecular flexibility index (Phi) is 6.47. The summed E-state index contributed by atoms with van der Waals surface area (Å²) in [7, 11) is 0. The smallest absolute Gasteiger partial charge is 0.409 e. The van der Waals surface area contributed by atoms with Gasteiger partial charge in [0.2, 0.25) is 0 Å². The van der Waals surface area contributed by atoms with Gasteiger partial charge in [-0.25, -0.2) is 9.18 Å². The predicted molar refractivity (Wildman–Crippen MR) is 106 cm³/mol. The number of nitrogens with one attached hydrogen (secondary N) is 2. The number of likely N-dealkylation sites (tertiary alicyclic amines) is 1. The van der Waals surface area contributed by atoms with Crippen LogP contribution in [0, 0.1) is 5.82 Å². The topological polar surface area (TPSA) is 70.7 Å². The molecule has 1 heterocycles. The van der Waals surface area contributed by atoms with Crippen LogP contribution in [0.3, 0.4) is 0 Å². The molecule has 0 atom stereocenters. The Morgan fingerprint density at radius 2 is 1.71 bits per heavy atom. The predicted octanol–water partition coefficient (Wildman–Crippen LogP) is 4.11. The fourth-order valence-corrected chi connectivity index (χ4v) is 3.15. The SMILES string of the molecule is CCOC(=O)N1CCC(Nc2ccc(NC(=O)c3ccccc3F)cc2)CC1. The molecule has 0 aliphatic carbocycles. The summed E-state index contributed by atoms with van der Waals surface area (Å²) >= 11 is 0. The molecule has 1 saturated heterocycles. The molecule has 0 saturated carbocycles. The summed E-state index contributed by atoms with van der Waals surface area (Å²) < 4.78 is 18.7. The van der Waals surface area contributed by atoms with Crippen LogP contribution in [0.4, 0.5) is 20.6 Å². The van der Waals surface area contributed by atoms with Crippen molar-refractivity contribution in [2.45, 2.75) is 25.8 Å². The lowest BCUT2D eigenvalue weighted by atomic mass is 10.0. The minimum atomic E-state index is -0.549. The van der Waals surface area contributed by atoms with Gasteiger partial charge in [-0.1, -0.05) is 12.1 Å². The second-order valence-corrected chi connectivity index (χ2v) is 6.62. The molecule has 0 unspecified atom stereocenters. The fraction of sp³-hybridized carbons (Fsp3) is 0.333. The lowest BCUT2D eigenvalue weighted by molar-refractivity contribution is 0.0981. The van der Waals surface area contributed by atoms with E-state index < -0.39 is 11.7 Å². The Morgan fingerprint density at radius 3 is 2.36 bits per heavy atom. The van der Waals surface area contributed by atoms with Crippen molar-refractivity contribution >= 4 is 23.4 Å². The Balaban J connectivity index is 1.51. The number of carbonyl (C=O) groups excluding carboxylic acids is 2. The van der Waals surface area contributed by atoms with Crippen molar-refractivity contribution in [3.63, 3.8) is 0 Å². The highest BCUT2D eigenvalue weighted by Crippen LogP contribution is 2.20. The van der Waals surface area contributed by atoms with Crippen molar-refractivity contribution in [3.05, 3.63) is 59.9 Å². The van der Waals surface area contributed by atoms with Crippen LogP contribution >= 0.6 is 0 Å². The second kappa shape index (κ2) is 9.21. The number of halogens is 1.